The van der Waals surface area contributed by atoms with Gasteiger partial charge in [0.25, 0.3) is 0 Å². The van der Waals surface area contributed by atoms with Gasteiger partial charge in [0.1, 0.15) is 5.16 Å². The van der Waals surface area contributed by atoms with Gasteiger partial charge in [0, 0.05) is 0 Å². The lowest BCUT2D eigenvalue weighted by Gasteiger charge is -1.88. The first-order valence-corrected chi connectivity index (χ1v) is 3.67. The lowest BCUT2D eigenvalue weighted by atomic mass is 10.8. The summed E-state index contributed by atoms with van der Waals surface area (Å²) in [7, 11) is -4.77. The van der Waals surface area contributed by atoms with E-state index in [1.165, 1.54) is 6.92 Å². The van der Waals surface area contributed by atoms with Gasteiger partial charge < -0.3 is 15.2 Å². The summed E-state index contributed by atoms with van der Waals surface area (Å²) in [4.78, 5) is 3.20. The van der Waals surface area contributed by atoms with Crippen LogP contribution in [0.4, 0.5) is 3.89 Å². The van der Waals surface area contributed by atoms with Crippen molar-refractivity contribution in [3.63, 3.8) is 0 Å². The highest BCUT2D eigenvalue weighted by molar-refractivity contribution is 7.86. The molecule has 5 nitrogen and oxygen atoms in total. The third-order valence-electron chi connectivity index (χ3n) is 0.756. The fourth-order valence-electron chi connectivity index (χ4n) is 0.402. The van der Waals surface area contributed by atoms with Crippen LogP contribution in [0.15, 0.2) is 5.16 Å². The quantitative estimate of drug-likeness (QED) is 0.518. The Labute approximate surface area is 56.5 Å². The van der Waals surface area contributed by atoms with E-state index in [9.17, 15) is 12.3 Å². The molecule has 0 saturated heterocycles. The Morgan fingerprint density at radius 1 is 1.50 bits per heavy atom. The van der Waals surface area contributed by atoms with Crippen molar-refractivity contribution in [1.29, 1.82) is 0 Å². The van der Waals surface area contributed by atoms with Gasteiger partial charge in [-0.15, -0.1) is 0 Å². The van der Waals surface area contributed by atoms with Crippen molar-refractivity contribution in [2.75, 3.05) is 0 Å². The topological polar surface area (TPSA) is 74.0 Å². The number of hydrogen-bond acceptors (Lipinski definition) is 4. The average Bonchev–Trinajstić information content (AvgIpc) is 2.11. The zero-order chi connectivity index (χ0) is 7.78. The molecule has 1 aromatic heterocycles. The molecule has 0 radical (unpaired) electrons. The van der Waals surface area contributed by atoms with Gasteiger partial charge in [-0.3, -0.25) is 0 Å². The van der Waals surface area contributed by atoms with Crippen molar-refractivity contribution in [2.24, 2.45) is 0 Å². The fourth-order valence-corrected chi connectivity index (χ4v) is 0.781. The van der Waals surface area contributed by atoms with Crippen molar-refractivity contribution in [1.82, 2.24) is 15.2 Å². The number of aromatic nitrogens is 3. The Kier molecular flexibility index (Phi) is 1.43. The van der Waals surface area contributed by atoms with E-state index >= 15 is 0 Å². The van der Waals surface area contributed by atoms with Crippen LogP contribution in [0.3, 0.4) is 0 Å². The lowest BCUT2D eigenvalue weighted by molar-refractivity contribution is 0.542. The van der Waals surface area contributed by atoms with Crippen LogP contribution < -0.4 is 4.98 Å². The van der Waals surface area contributed by atoms with Crippen LogP contribution in [0.5, 0.6) is 0 Å². The van der Waals surface area contributed by atoms with Crippen molar-refractivity contribution < 1.29 is 12.3 Å². The highest BCUT2D eigenvalue weighted by Gasteiger charge is 2.08. The highest BCUT2D eigenvalue weighted by Crippen LogP contribution is 2.02. The van der Waals surface area contributed by atoms with E-state index in [0.717, 1.165) is 0 Å². The fraction of sp³-hybridized carbons (Fsp3) is 0.333. The van der Waals surface area contributed by atoms with Crippen LogP contribution in [0.2, 0.25) is 0 Å². The maximum absolute atomic E-state index is 11.9. The summed E-state index contributed by atoms with van der Waals surface area (Å²) in [6.07, 6.45) is 0. The minimum Gasteiger partial charge on any atom is -0.353 e. The monoisotopic (exact) mass is 164 g/mol. The van der Waals surface area contributed by atoms with Gasteiger partial charge in [0.2, 0.25) is 0 Å². The second-order valence-electron chi connectivity index (χ2n) is 1.58. The largest absolute Gasteiger partial charge is 0.353 e. The van der Waals surface area contributed by atoms with Gasteiger partial charge in [-0.2, -0.15) is 8.42 Å². The van der Waals surface area contributed by atoms with Crippen LogP contribution in [0, 0.1) is 6.92 Å². The molecule has 1 heterocycles. The van der Waals surface area contributed by atoms with Gasteiger partial charge >= 0.3 is 10.2 Å². The van der Waals surface area contributed by atoms with Crippen molar-refractivity contribution in [3.8, 4) is 0 Å². The average molecular weight is 164 g/mol. The van der Waals surface area contributed by atoms with Gasteiger partial charge in [0.05, 0.1) is 0 Å². The molecule has 0 amide bonds. The third-order valence-corrected chi connectivity index (χ3v) is 1.36. The van der Waals surface area contributed by atoms with E-state index in [-0.39, 0.29) is 5.82 Å². The highest BCUT2D eigenvalue weighted by atomic mass is 32.3. The molecule has 0 aliphatic rings. The first-order chi connectivity index (χ1) is 4.50. The normalized spacial score (nSPS) is 11.8. The molecule has 10 heavy (non-hydrogen) atoms. The summed E-state index contributed by atoms with van der Waals surface area (Å²) in [5.74, 6) is 0.135. The van der Waals surface area contributed by atoms with E-state index in [1.54, 1.807) is 0 Å². The van der Waals surface area contributed by atoms with E-state index in [1.807, 2.05) is 0 Å². The first-order valence-electron chi connectivity index (χ1n) is 2.29. The molecular weight excluding hydrogens is 161 g/mol. The zero-order valence-electron chi connectivity index (χ0n) is 4.94. The molecule has 0 fully saturated rings. The Morgan fingerprint density at radius 3 is 2.30 bits per heavy atom. The lowest BCUT2D eigenvalue weighted by Crippen LogP contribution is -1.95. The smallest absolute Gasteiger partial charge is 0.337 e. The van der Waals surface area contributed by atoms with E-state index in [4.69, 9.17) is 0 Å². The molecule has 1 aromatic rings. The van der Waals surface area contributed by atoms with E-state index < -0.39 is 15.4 Å². The second-order valence-corrected chi connectivity index (χ2v) is 2.82. The summed E-state index contributed by atoms with van der Waals surface area (Å²) >= 11 is 0. The molecule has 0 saturated carbocycles. The summed E-state index contributed by atoms with van der Waals surface area (Å²) in [5, 5.41) is 5.30. The third kappa shape index (κ3) is 1.29. The first kappa shape index (κ1) is 7.13. The van der Waals surface area contributed by atoms with Crippen molar-refractivity contribution >= 4 is 10.2 Å². The molecule has 0 aliphatic heterocycles. The van der Waals surface area contributed by atoms with Crippen LogP contribution in [-0.2, 0) is 10.2 Å². The molecular formula is C3H3FN3O2S-. The number of hydrogen-bond donors (Lipinski definition) is 0. The molecule has 0 unspecified atom stereocenters. The summed E-state index contributed by atoms with van der Waals surface area (Å²) in [6.45, 7) is 1.42. The minimum absolute atomic E-state index is 0.135. The Morgan fingerprint density at radius 2 is 2.10 bits per heavy atom. The maximum atomic E-state index is 11.9. The predicted molar refractivity (Wildman–Crippen MR) is 28.4 cm³/mol. The van der Waals surface area contributed by atoms with Crippen LogP contribution in [0.25, 0.3) is 0 Å². The van der Waals surface area contributed by atoms with Crippen LogP contribution in [0.1, 0.15) is 5.82 Å². The predicted octanol–water partition coefficient (Wildman–Crippen LogP) is -0.600. The summed E-state index contributed by atoms with van der Waals surface area (Å²) in [5.41, 5.74) is 0. The van der Waals surface area contributed by atoms with Crippen molar-refractivity contribution in [3.05, 3.63) is 5.82 Å². The number of rotatable bonds is 1. The van der Waals surface area contributed by atoms with Gasteiger partial charge in [0.15, 0.2) is 0 Å². The maximum Gasteiger partial charge on any atom is 0.337 e. The molecule has 0 aromatic carbocycles. The Hall–Kier alpha value is -0.980. The summed E-state index contributed by atoms with van der Waals surface area (Å²) < 4.78 is 32.0. The molecule has 0 bridgehead atoms. The molecule has 56 valence electrons. The Bertz CT molecular complexity index is 329. The SMILES string of the molecule is Cc1nnc(S(=O)(=O)F)[n-]1. The number of aryl methyl sites for hydroxylation is 1. The summed E-state index contributed by atoms with van der Waals surface area (Å²) in [6, 6.07) is 0. The van der Waals surface area contributed by atoms with Crippen molar-refractivity contribution in [2.45, 2.75) is 12.1 Å². The van der Waals surface area contributed by atoms with Crippen LogP contribution in [-0.4, -0.2) is 18.6 Å². The molecule has 0 atom stereocenters. The number of nitrogens with zero attached hydrogens (tertiary/aromatic N) is 3. The minimum atomic E-state index is -4.77. The Balaban J connectivity index is 3.21. The number of halogens is 1. The molecule has 0 aliphatic carbocycles. The molecule has 1 rings (SSSR count). The van der Waals surface area contributed by atoms with E-state index in [2.05, 4.69) is 15.2 Å². The van der Waals surface area contributed by atoms with Gasteiger partial charge in [-0.05, 0) is 12.7 Å². The molecule has 0 N–H and O–H groups in total. The van der Waals surface area contributed by atoms with Crippen LogP contribution >= 0.6 is 0 Å². The van der Waals surface area contributed by atoms with E-state index in [0.29, 0.717) is 0 Å². The molecule has 7 heteroatoms. The standard InChI is InChI=1S/C3H3FN3O2S/c1-2-5-3(7-6-2)10(4,8)9/h1H3/q-1. The van der Waals surface area contributed by atoms with Gasteiger partial charge in [-0.25, -0.2) is 0 Å². The molecule has 0 spiro atoms. The zero-order valence-corrected chi connectivity index (χ0v) is 5.76. The second kappa shape index (κ2) is 2.01. The van der Waals surface area contributed by atoms with Gasteiger partial charge in [-0.1, -0.05) is 3.89 Å².